The Morgan fingerprint density at radius 2 is 0.897 bits per heavy atom. The van der Waals surface area contributed by atoms with Gasteiger partial charge in [-0.3, -0.25) is 0 Å². The Balaban J connectivity index is 1.77. The highest BCUT2D eigenvalue weighted by Crippen LogP contribution is 2.37. The second kappa shape index (κ2) is 8.66. The van der Waals surface area contributed by atoms with Crippen LogP contribution in [0.25, 0.3) is 0 Å². The maximum absolute atomic E-state index is 11.2. The van der Waals surface area contributed by atoms with Crippen molar-refractivity contribution in [3.05, 3.63) is 130 Å². The van der Waals surface area contributed by atoms with Gasteiger partial charge in [-0.05, 0) is 34.7 Å². The molecule has 0 amide bonds. The van der Waals surface area contributed by atoms with Crippen molar-refractivity contribution in [1.29, 1.82) is 0 Å². The Morgan fingerprint density at radius 1 is 0.483 bits per heavy atom. The lowest BCUT2D eigenvalue weighted by atomic mass is 9.90. The summed E-state index contributed by atoms with van der Waals surface area (Å²) in [7, 11) is 0. The van der Waals surface area contributed by atoms with Crippen LogP contribution in [0.5, 0.6) is 11.5 Å². The molecule has 29 heavy (non-hydrogen) atoms. The van der Waals surface area contributed by atoms with Crippen LogP contribution < -0.4 is 0 Å². The van der Waals surface area contributed by atoms with Crippen LogP contribution in [-0.4, -0.2) is 10.2 Å². The van der Waals surface area contributed by atoms with Crippen molar-refractivity contribution in [2.24, 2.45) is 0 Å². The normalized spacial score (nSPS) is 10.8. The molecule has 144 valence electrons. The summed E-state index contributed by atoms with van der Waals surface area (Å²) in [5.74, 6) is 0.345. The van der Waals surface area contributed by atoms with Crippen LogP contribution in [-0.2, 0) is 19.3 Å². The van der Waals surface area contributed by atoms with Gasteiger partial charge in [-0.1, -0.05) is 91.0 Å². The average molecular weight is 380 g/mol. The van der Waals surface area contributed by atoms with E-state index in [9.17, 15) is 10.2 Å². The summed E-state index contributed by atoms with van der Waals surface area (Å²) in [5.41, 5.74) is 5.75. The molecule has 0 fully saturated rings. The second-order valence-electron chi connectivity index (χ2n) is 7.35. The van der Waals surface area contributed by atoms with Crippen molar-refractivity contribution in [3.63, 3.8) is 0 Å². The van der Waals surface area contributed by atoms with E-state index in [0.717, 1.165) is 27.8 Å². The third-order valence-corrected chi connectivity index (χ3v) is 5.26. The van der Waals surface area contributed by atoms with Crippen LogP contribution in [0.3, 0.4) is 0 Å². The van der Waals surface area contributed by atoms with Gasteiger partial charge < -0.3 is 10.2 Å². The average Bonchev–Trinajstić information content (AvgIpc) is 2.76. The molecule has 2 N–H and O–H groups in total. The van der Waals surface area contributed by atoms with Gasteiger partial charge in [0.25, 0.3) is 0 Å². The summed E-state index contributed by atoms with van der Waals surface area (Å²) in [5, 5.41) is 21.9. The number of phenols is 2. The molecule has 2 heteroatoms. The predicted molar refractivity (Wildman–Crippen MR) is 118 cm³/mol. The van der Waals surface area contributed by atoms with Crippen molar-refractivity contribution in [3.8, 4) is 11.5 Å². The molecule has 4 rings (SSSR count). The fourth-order valence-corrected chi connectivity index (χ4v) is 3.74. The third-order valence-electron chi connectivity index (χ3n) is 5.26. The molecule has 0 spiro atoms. The summed E-state index contributed by atoms with van der Waals surface area (Å²) in [6.07, 6.45) is 1.78. The quantitative estimate of drug-likeness (QED) is 0.439. The third kappa shape index (κ3) is 4.49. The van der Waals surface area contributed by atoms with Crippen LogP contribution in [0.15, 0.2) is 97.1 Å². The molecule has 0 aliphatic carbocycles. The van der Waals surface area contributed by atoms with E-state index in [1.165, 1.54) is 0 Å². The first-order valence-corrected chi connectivity index (χ1v) is 9.88. The summed E-state index contributed by atoms with van der Waals surface area (Å²) >= 11 is 0. The number of hydrogen-bond acceptors (Lipinski definition) is 2. The summed E-state index contributed by atoms with van der Waals surface area (Å²) < 4.78 is 0. The molecule has 0 aliphatic rings. The van der Waals surface area contributed by atoms with E-state index in [0.29, 0.717) is 24.8 Å². The molecule has 0 saturated heterocycles. The fourth-order valence-electron chi connectivity index (χ4n) is 3.74. The Labute approximate surface area is 171 Å². The van der Waals surface area contributed by atoms with Gasteiger partial charge >= 0.3 is 0 Å². The summed E-state index contributed by atoms with van der Waals surface area (Å²) in [6, 6.07) is 32.0. The van der Waals surface area contributed by atoms with Gasteiger partial charge in [-0.2, -0.15) is 0 Å². The van der Waals surface area contributed by atoms with E-state index >= 15 is 0 Å². The zero-order valence-electron chi connectivity index (χ0n) is 16.3. The van der Waals surface area contributed by atoms with Crippen LogP contribution in [0.1, 0.15) is 33.4 Å². The number of hydrogen-bond donors (Lipinski definition) is 2. The van der Waals surface area contributed by atoms with Gasteiger partial charge in [0.1, 0.15) is 11.5 Å². The van der Waals surface area contributed by atoms with Gasteiger partial charge in [0, 0.05) is 24.0 Å². The minimum Gasteiger partial charge on any atom is -0.508 e. The van der Waals surface area contributed by atoms with Crippen LogP contribution in [0.4, 0.5) is 0 Å². The summed E-state index contributed by atoms with van der Waals surface area (Å²) in [6.45, 7) is 0. The van der Waals surface area contributed by atoms with Crippen LogP contribution in [0.2, 0.25) is 0 Å². The van der Waals surface area contributed by atoms with Crippen LogP contribution >= 0.6 is 0 Å². The lowest BCUT2D eigenvalue weighted by Crippen LogP contribution is -2.02. The molecule has 0 bridgehead atoms. The minimum absolute atomic E-state index is 0.147. The molecule has 0 heterocycles. The van der Waals surface area contributed by atoms with Gasteiger partial charge in [0.2, 0.25) is 0 Å². The van der Waals surface area contributed by atoms with Crippen molar-refractivity contribution in [2.45, 2.75) is 19.3 Å². The molecule has 4 aromatic carbocycles. The molecular formula is C27H24O2. The number of benzene rings is 4. The van der Waals surface area contributed by atoms with Gasteiger partial charge in [0.05, 0.1) is 0 Å². The standard InChI is InChI=1S/C27H24O2/c28-26-19-23(16-20-10-4-1-5-11-20)24(17-21-12-6-2-7-13-21)27(29)25(26)18-22-14-8-3-9-15-22/h1-15,19,28-29H,16-18H2. The molecule has 0 saturated carbocycles. The highest BCUT2D eigenvalue weighted by Gasteiger charge is 2.18. The largest absolute Gasteiger partial charge is 0.508 e. The van der Waals surface area contributed by atoms with Gasteiger partial charge in [0.15, 0.2) is 0 Å². The van der Waals surface area contributed by atoms with E-state index in [1.807, 2.05) is 72.8 Å². The monoisotopic (exact) mass is 380 g/mol. The first-order valence-electron chi connectivity index (χ1n) is 9.88. The number of phenolic OH excluding ortho intramolecular Hbond substituents is 2. The Bertz CT molecular complexity index is 1070. The zero-order valence-corrected chi connectivity index (χ0v) is 16.3. The Kier molecular flexibility index (Phi) is 5.62. The molecule has 0 aromatic heterocycles. The second-order valence-corrected chi connectivity index (χ2v) is 7.35. The molecular weight excluding hydrogens is 356 g/mol. The Morgan fingerprint density at radius 3 is 1.38 bits per heavy atom. The van der Waals surface area contributed by atoms with E-state index < -0.39 is 0 Å². The first-order chi connectivity index (χ1) is 14.2. The minimum atomic E-state index is 0.147. The van der Waals surface area contributed by atoms with Crippen molar-refractivity contribution < 1.29 is 10.2 Å². The maximum Gasteiger partial charge on any atom is 0.126 e. The summed E-state index contributed by atoms with van der Waals surface area (Å²) in [4.78, 5) is 0. The smallest absolute Gasteiger partial charge is 0.126 e. The van der Waals surface area contributed by atoms with Crippen molar-refractivity contribution >= 4 is 0 Å². The first kappa shape index (κ1) is 18.8. The van der Waals surface area contributed by atoms with Gasteiger partial charge in [-0.25, -0.2) is 0 Å². The number of aromatic hydroxyl groups is 2. The van der Waals surface area contributed by atoms with E-state index in [1.54, 1.807) is 0 Å². The molecule has 0 unspecified atom stereocenters. The predicted octanol–water partition coefficient (Wildman–Crippen LogP) is 5.87. The van der Waals surface area contributed by atoms with Crippen LogP contribution in [0, 0.1) is 0 Å². The highest BCUT2D eigenvalue weighted by atomic mass is 16.3. The van der Waals surface area contributed by atoms with E-state index in [-0.39, 0.29) is 11.5 Å². The molecule has 0 aliphatic heterocycles. The molecule has 2 nitrogen and oxygen atoms in total. The topological polar surface area (TPSA) is 40.5 Å². The molecule has 0 radical (unpaired) electrons. The maximum atomic E-state index is 11.2. The lowest BCUT2D eigenvalue weighted by molar-refractivity contribution is 0.435. The lowest BCUT2D eigenvalue weighted by Gasteiger charge is -2.17. The van der Waals surface area contributed by atoms with Crippen molar-refractivity contribution in [1.82, 2.24) is 0 Å². The molecule has 4 aromatic rings. The van der Waals surface area contributed by atoms with E-state index in [2.05, 4.69) is 24.3 Å². The van der Waals surface area contributed by atoms with Crippen molar-refractivity contribution in [2.75, 3.05) is 0 Å². The number of rotatable bonds is 6. The zero-order chi connectivity index (χ0) is 20.1. The SMILES string of the molecule is Oc1cc(Cc2ccccc2)c(Cc2ccccc2)c(O)c1Cc1ccccc1. The Hall–Kier alpha value is -3.52. The molecule has 0 atom stereocenters. The highest BCUT2D eigenvalue weighted by molar-refractivity contribution is 5.56. The van der Waals surface area contributed by atoms with E-state index in [4.69, 9.17) is 0 Å². The van der Waals surface area contributed by atoms with Gasteiger partial charge in [-0.15, -0.1) is 0 Å². The fraction of sp³-hybridized carbons (Fsp3) is 0.111.